The van der Waals surface area contributed by atoms with Crippen LogP contribution in [0.1, 0.15) is 0 Å². The largest absolute Gasteiger partial charge is 0.419 e. The zero-order valence-corrected chi connectivity index (χ0v) is 7.27. The molecule has 0 saturated heterocycles. The summed E-state index contributed by atoms with van der Waals surface area (Å²) in [5.41, 5.74) is 3.06. The Morgan fingerprint density at radius 3 is 2.93 bits per heavy atom. The normalized spacial score (nSPS) is 10.9. The van der Waals surface area contributed by atoms with E-state index in [1.807, 2.05) is 18.2 Å². The van der Waals surface area contributed by atoms with Crippen molar-refractivity contribution in [2.45, 2.75) is 0 Å². The van der Waals surface area contributed by atoms with Gasteiger partial charge in [0, 0.05) is 23.7 Å². The first-order chi connectivity index (χ1) is 6.93. The molecule has 0 fully saturated rings. The Hall–Kier alpha value is -2.12. The number of rotatable bonds is 2. The number of hydrogen-bond acceptors (Lipinski definition) is 3. The minimum Gasteiger partial charge on any atom is -0.419 e. The number of pyridine rings is 2. The Morgan fingerprint density at radius 1 is 1.07 bits per heavy atom. The van der Waals surface area contributed by atoms with Crippen LogP contribution in [-0.4, -0.2) is 9.97 Å². The Balaban J connectivity index is 1.95. The molecule has 0 spiro atoms. The molecule has 0 bridgehead atoms. The summed E-state index contributed by atoms with van der Waals surface area (Å²) in [4.78, 5) is 8.15. The molecule has 0 unspecified atom stereocenters. The fourth-order valence-corrected chi connectivity index (χ4v) is 1.23. The molecule has 2 heterocycles. The van der Waals surface area contributed by atoms with Crippen LogP contribution < -0.4 is 15.2 Å². The molecule has 2 aromatic rings. The van der Waals surface area contributed by atoms with Crippen molar-refractivity contribution in [2.24, 2.45) is 0 Å². The average molecular weight is 182 g/mol. The molecule has 1 aliphatic carbocycles. The van der Waals surface area contributed by atoms with Crippen molar-refractivity contribution in [3.63, 3.8) is 0 Å². The van der Waals surface area contributed by atoms with Gasteiger partial charge >= 0.3 is 0 Å². The van der Waals surface area contributed by atoms with Gasteiger partial charge in [-0.15, -0.1) is 0 Å². The van der Waals surface area contributed by atoms with E-state index in [0.29, 0.717) is 11.8 Å². The van der Waals surface area contributed by atoms with Crippen LogP contribution in [0.4, 0.5) is 0 Å². The summed E-state index contributed by atoms with van der Waals surface area (Å²) in [7, 11) is 0. The van der Waals surface area contributed by atoms with Crippen LogP contribution in [-0.2, 0) is 0 Å². The summed E-state index contributed by atoms with van der Waals surface area (Å²) in [5.74, 6) is 1.14. The molecule has 14 heavy (non-hydrogen) atoms. The predicted molar refractivity (Wildman–Crippen MR) is 50.3 cm³/mol. The van der Waals surface area contributed by atoms with E-state index in [-0.39, 0.29) is 0 Å². The highest BCUT2D eigenvalue weighted by Crippen LogP contribution is 2.10. The van der Waals surface area contributed by atoms with Gasteiger partial charge in [-0.1, -0.05) is 11.8 Å². The third kappa shape index (κ3) is 1.16. The lowest BCUT2D eigenvalue weighted by Gasteiger charge is -2.00. The van der Waals surface area contributed by atoms with E-state index in [0.717, 1.165) is 10.4 Å². The highest BCUT2D eigenvalue weighted by molar-refractivity contribution is 5.42. The number of ether oxygens (including phenoxy) is 1. The van der Waals surface area contributed by atoms with E-state index >= 15 is 0 Å². The van der Waals surface area contributed by atoms with Crippen molar-refractivity contribution >= 4 is 5.73 Å². The quantitative estimate of drug-likeness (QED) is 0.573. The van der Waals surface area contributed by atoms with E-state index in [1.165, 1.54) is 0 Å². The van der Waals surface area contributed by atoms with Crippen molar-refractivity contribution in [2.75, 3.05) is 0 Å². The molecular weight excluding hydrogens is 176 g/mol. The van der Waals surface area contributed by atoms with Crippen molar-refractivity contribution in [3.05, 3.63) is 47.1 Å². The monoisotopic (exact) mass is 182 g/mol. The van der Waals surface area contributed by atoms with Gasteiger partial charge in [-0.2, -0.15) is 0 Å². The summed E-state index contributed by atoms with van der Waals surface area (Å²) in [5, 5.41) is 2.03. The molecule has 3 rings (SSSR count). The van der Waals surface area contributed by atoms with Crippen LogP contribution in [0.25, 0.3) is 5.73 Å². The molecule has 0 atom stereocenters. The first kappa shape index (κ1) is 7.30. The number of hydrogen-bond donors (Lipinski definition) is 0. The Morgan fingerprint density at radius 2 is 2.07 bits per heavy atom. The van der Waals surface area contributed by atoms with Gasteiger partial charge in [-0.25, -0.2) is 9.97 Å². The second-order valence-electron chi connectivity index (χ2n) is 2.93. The van der Waals surface area contributed by atoms with Gasteiger partial charge in [0.15, 0.2) is 0 Å². The standard InChI is InChI=1S/C11H6N2O/c1-2-5-12-10(3-1)14-11-9-7-8(9)4-6-13-11/h1-6H. The van der Waals surface area contributed by atoms with Gasteiger partial charge in [-0.05, 0) is 12.1 Å². The summed E-state index contributed by atoms with van der Waals surface area (Å²) in [6.07, 6.45) is 3.39. The van der Waals surface area contributed by atoms with Crippen LogP contribution >= 0.6 is 0 Å². The molecule has 0 aliphatic heterocycles. The molecule has 66 valence electrons. The van der Waals surface area contributed by atoms with Gasteiger partial charge < -0.3 is 4.74 Å². The van der Waals surface area contributed by atoms with Crippen molar-refractivity contribution in [3.8, 4) is 11.8 Å². The third-order valence-electron chi connectivity index (χ3n) is 1.95. The van der Waals surface area contributed by atoms with E-state index in [1.54, 1.807) is 18.5 Å². The Bertz CT molecular complexity index is 601. The molecule has 3 nitrogen and oxygen atoms in total. The maximum atomic E-state index is 5.48. The van der Waals surface area contributed by atoms with Gasteiger partial charge in [0.05, 0.1) is 5.22 Å². The fourth-order valence-electron chi connectivity index (χ4n) is 1.23. The van der Waals surface area contributed by atoms with Crippen LogP contribution in [0.2, 0.25) is 0 Å². The van der Waals surface area contributed by atoms with Crippen LogP contribution in [0.5, 0.6) is 11.8 Å². The Labute approximate surface area is 80.0 Å². The minimum absolute atomic E-state index is 0.558. The van der Waals surface area contributed by atoms with Crippen molar-refractivity contribution < 1.29 is 4.74 Å². The number of fused-ring (bicyclic) bond motifs is 1. The Kier molecular flexibility index (Phi) is 1.40. The third-order valence-corrected chi connectivity index (χ3v) is 1.95. The van der Waals surface area contributed by atoms with E-state index in [2.05, 4.69) is 15.7 Å². The molecule has 0 saturated carbocycles. The first-order valence-electron chi connectivity index (χ1n) is 4.28. The van der Waals surface area contributed by atoms with Gasteiger partial charge in [0.25, 0.3) is 0 Å². The van der Waals surface area contributed by atoms with E-state index in [4.69, 9.17) is 4.74 Å². The second-order valence-corrected chi connectivity index (χ2v) is 2.93. The second kappa shape index (κ2) is 2.69. The first-order valence-corrected chi connectivity index (χ1v) is 4.28. The highest BCUT2D eigenvalue weighted by Gasteiger charge is 2.06. The SMILES string of the molecule is C1=c2ccnc(Oc3ccccn3)c2=1. The zero-order chi connectivity index (χ0) is 9.38. The van der Waals surface area contributed by atoms with Crippen LogP contribution in [0.3, 0.4) is 0 Å². The lowest BCUT2D eigenvalue weighted by molar-refractivity contribution is 0.441. The van der Waals surface area contributed by atoms with Crippen LogP contribution in [0.15, 0.2) is 36.7 Å². The summed E-state index contributed by atoms with van der Waals surface area (Å²) in [6.45, 7) is 0. The predicted octanol–water partition coefficient (Wildman–Crippen LogP) is 0.333. The maximum absolute atomic E-state index is 5.48. The molecule has 0 aromatic carbocycles. The molecular formula is C11H6N2O. The summed E-state index contributed by atoms with van der Waals surface area (Å²) >= 11 is 0. The number of nitrogens with zero attached hydrogens (tertiary/aromatic N) is 2. The molecule has 0 radical (unpaired) electrons. The van der Waals surface area contributed by atoms with E-state index < -0.39 is 0 Å². The highest BCUT2D eigenvalue weighted by atomic mass is 16.5. The minimum atomic E-state index is 0.558. The smallest absolute Gasteiger partial charge is 0.237 e. The van der Waals surface area contributed by atoms with Gasteiger partial charge in [0.2, 0.25) is 11.8 Å². The molecule has 2 aromatic heterocycles. The van der Waals surface area contributed by atoms with Crippen molar-refractivity contribution in [1.82, 2.24) is 9.97 Å². The van der Waals surface area contributed by atoms with Gasteiger partial charge in [0.1, 0.15) is 0 Å². The zero-order valence-electron chi connectivity index (χ0n) is 7.27. The average Bonchev–Trinajstić information content (AvgIpc) is 2.99. The van der Waals surface area contributed by atoms with Gasteiger partial charge in [-0.3, -0.25) is 0 Å². The fraction of sp³-hybridized carbons (Fsp3) is 0. The van der Waals surface area contributed by atoms with Crippen LogP contribution in [0, 0.1) is 0 Å². The van der Waals surface area contributed by atoms with E-state index in [9.17, 15) is 0 Å². The maximum Gasteiger partial charge on any atom is 0.237 e. The van der Waals surface area contributed by atoms with Crippen molar-refractivity contribution in [1.29, 1.82) is 0 Å². The molecule has 0 amide bonds. The topological polar surface area (TPSA) is 35.0 Å². The molecule has 0 N–H and O–H groups in total. The summed E-state index contributed by atoms with van der Waals surface area (Å²) < 4.78 is 5.48. The molecule has 1 aliphatic rings. The lowest BCUT2D eigenvalue weighted by Crippen LogP contribution is -2.11. The summed E-state index contributed by atoms with van der Waals surface area (Å²) in [6, 6.07) is 7.41. The molecule has 3 heteroatoms. The lowest BCUT2D eigenvalue weighted by atomic mass is 10.5. The number of aromatic nitrogens is 2.